The molecule has 0 atom stereocenters. The first-order valence-electron chi connectivity index (χ1n) is 5.77. The standard InChI is InChI=1S/C14H14N2O3/c1-18-12-6-3-10(4-7-12)13(17)9-11-5-8-14(19-2)16-15-11/h3-8H,9H2,1-2H3. The van der Waals surface area contributed by atoms with Crippen LogP contribution >= 0.6 is 0 Å². The molecular formula is C14H14N2O3. The smallest absolute Gasteiger partial charge is 0.233 e. The van der Waals surface area contributed by atoms with E-state index in [0.29, 0.717) is 17.1 Å². The number of Topliss-reactive ketones (excluding diaryl/α,β-unsaturated/α-hetero) is 1. The van der Waals surface area contributed by atoms with Crippen molar-refractivity contribution >= 4 is 5.78 Å². The molecule has 0 aliphatic rings. The van der Waals surface area contributed by atoms with Crippen LogP contribution < -0.4 is 9.47 Å². The number of carbonyl (C=O) groups excluding carboxylic acids is 1. The summed E-state index contributed by atoms with van der Waals surface area (Å²) in [6, 6.07) is 10.4. The molecule has 0 saturated heterocycles. The predicted octanol–water partition coefficient (Wildman–Crippen LogP) is 1.92. The molecular weight excluding hydrogens is 244 g/mol. The maximum absolute atomic E-state index is 12.0. The molecule has 0 fully saturated rings. The molecule has 2 aromatic rings. The normalized spacial score (nSPS) is 10.0. The van der Waals surface area contributed by atoms with Crippen molar-refractivity contribution < 1.29 is 14.3 Å². The molecule has 98 valence electrons. The number of ether oxygens (including phenoxy) is 2. The Balaban J connectivity index is 2.06. The molecule has 0 spiro atoms. The zero-order valence-electron chi connectivity index (χ0n) is 10.8. The van der Waals surface area contributed by atoms with Crippen molar-refractivity contribution in [2.75, 3.05) is 14.2 Å². The molecule has 0 bridgehead atoms. The maximum Gasteiger partial charge on any atom is 0.233 e. The van der Waals surface area contributed by atoms with Crippen molar-refractivity contribution in [2.45, 2.75) is 6.42 Å². The van der Waals surface area contributed by atoms with Crippen molar-refractivity contribution in [1.82, 2.24) is 10.2 Å². The lowest BCUT2D eigenvalue weighted by atomic mass is 10.1. The fourth-order valence-electron chi connectivity index (χ4n) is 1.59. The molecule has 2 rings (SSSR count). The lowest BCUT2D eigenvalue weighted by Crippen LogP contribution is -2.06. The number of rotatable bonds is 5. The van der Waals surface area contributed by atoms with Gasteiger partial charge in [0.2, 0.25) is 5.88 Å². The summed E-state index contributed by atoms with van der Waals surface area (Å²) in [5.41, 5.74) is 1.24. The minimum Gasteiger partial charge on any atom is -0.497 e. The fourth-order valence-corrected chi connectivity index (χ4v) is 1.59. The molecule has 19 heavy (non-hydrogen) atoms. The highest BCUT2D eigenvalue weighted by atomic mass is 16.5. The zero-order chi connectivity index (χ0) is 13.7. The topological polar surface area (TPSA) is 61.3 Å². The average molecular weight is 258 g/mol. The van der Waals surface area contributed by atoms with Crippen LogP contribution in [-0.4, -0.2) is 30.2 Å². The molecule has 0 saturated carbocycles. The Morgan fingerprint density at radius 2 is 1.74 bits per heavy atom. The van der Waals surface area contributed by atoms with Crippen molar-refractivity contribution in [2.24, 2.45) is 0 Å². The Morgan fingerprint density at radius 1 is 1.00 bits per heavy atom. The quantitative estimate of drug-likeness (QED) is 0.767. The van der Waals surface area contributed by atoms with E-state index in [1.54, 1.807) is 43.5 Å². The summed E-state index contributed by atoms with van der Waals surface area (Å²) < 4.78 is 9.96. The van der Waals surface area contributed by atoms with E-state index in [4.69, 9.17) is 9.47 Å². The highest BCUT2D eigenvalue weighted by Crippen LogP contribution is 2.13. The molecule has 0 unspecified atom stereocenters. The van der Waals surface area contributed by atoms with Crippen LogP contribution in [0.1, 0.15) is 16.1 Å². The summed E-state index contributed by atoms with van der Waals surface area (Å²) in [6.07, 6.45) is 0.212. The van der Waals surface area contributed by atoms with Crippen molar-refractivity contribution in [3.05, 3.63) is 47.7 Å². The molecule has 0 aliphatic heterocycles. The number of hydrogen-bond donors (Lipinski definition) is 0. The second-order valence-corrected chi connectivity index (χ2v) is 3.90. The van der Waals surface area contributed by atoms with Gasteiger partial charge in [0.15, 0.2) is 5.78 Å². The lowest BCUT2D eigenvalue weighted by molar-refractivity contribution is 0.0991. The second kappa shape index (κ2) is 5.95. The largest absolute Gasteiger partial charge is 0.497 e. The highest BCUT2D eigenvalue weighted by molar-refractivity contribution is 5.97. The zero-order valence-corrected chi connectivity index (χ0v) is 10.8. The molecule has 1 heterocycles. The van der Waals surface area contributed by atoms with E-state index < -0.39 is 0 Å². The van der Waals surface area contributed by atoms with Gasteiger partial charge in [0.1, 0.15) is 5.75 Å². The molecule has 0 radical (unpaired) electrons. The van der Waals surface area contributed by atoms with Crippen LogP contribution in [0.5, 0.6) is 11.6 Å². The molecule has 0 aliphatic carbocycles. The van der Waals surface area contributed by atoms with Crippen LogP contribution in [0, 0.1) is 0 Å². The Kier molecular flexibility index (Phi) is 4.07. The molecule has 0 amide bonds. The Labute approximate surface area is 111 Å². The van der Waals surface area contributed by atoms with Crippen LogP contribution in [0.3, 0.4) is 0 Å². The van der Waals surface area contributed by atoms with Crippen LogP contribution in [0.25, 0.3) is 0 Å². The Morgan fingerprint density at radius 3 is 2.26 bits per heavy atom. The van der Waals surface area contributed by atoms with Gasteiger partial charge in [-0.05, 0) is 30.3 Å². The van der Waals surface area contributed by atoms with E-state index in [0.717, 1.165) is 5.75 Å². The number of methoxy groups -OCH3 is 2. The van der Waals surface area contributed by atoms with Gasteiger partial charge < -0.3 is 9.47 Å². The average Bonchev–Trinajstić information content (AvgIpc) is 2.48. The molecule has 0 N–H and O–H groups in total. The van der Waals surface area contributed by atoms with E-state index in [9.17, 15) is 4.79 Å². The fraction of sp³-hybridized carbons (Fsp3) is 0.214. The highest BCUT2D eigenvalue weighted by Gasteiger charge is 2.09. The molecule has 1 aromatic heterocycles. The number of carbonyl (C=O) groups is 1. The van der Waals surface area contributed by atoms with Gasteiger partial charge in [-0.2, -0.15) is 5.10 Å². The van der Waals surface area contributed by atoms with E-state index >= 15 is 0 Å². The summed E-state index contributed by atoms with van der Waals surface area (Å²) in [7, 11) is 3.11. The first kappa shape index (κ1) is 13.0. The summed E-state index contributed by atoms with van der Waals surface area (Å²) in [6.45, 7) is 0. The number of aromatic nitrogens is 2. The van der Waals surface area contributed by atoms with Crippen LogP contribution in [0.15, 0.2) is 36.4 Å². The second-order valence-electron chi connectivity index (χ2n) is 3.90. The van der Waals surface area contributed by atoms with Gasteiger partial charge in [-0.3, -0.25) is 4.79 Å². The van der Waals surface area contributed by atoms with Gasteiger partial charge in [-0.1, -0.05) is 0 Å². The summed E-state index contributed by atoms with van der Waals surface area (Å²) in [4.78, 5) is 12.0. The minimum absolute atomic E-state index is 0.0119. The van der Waals surface area contributed by atoms with Crippen LogP contribution in [-0.2, 0) is 6.42 Å². The van der Waals surface area contributed by atoms with Gasteiger partial charge in [0.25, 0.3) is 0 Å². The minimum atomic E-state index is -0.0119. The van der Waals surface area contributed by atoms with Crippen molar-refractivity contribution in [1.29, 1.82) is 0 Å². The van der Waals surface area contributed by atoms with Crippen LogP contribution in [0.4, 0.5) is 0 Å². The van der Waals surface area contributed by atoms with Crippen molar-refractivity contribution in [3.8, 4) is 11.6 Å². The van der Waals surface area contributed by atoms with Gasteiger partial charge in [-0.25, -0.2) is 0 Å². The van der Waals surface area contributed by atoms with Crippen molar-refractivity contribution in [3.63, 3.8) is 0 Å². The lowest BCUT2D eigenvalue weighted by Gasteiger charge is -2.03. The third kappa shape index (κ3) is 3.28. The number of hydrogen-bond acceptors (Lipinski definition) is 5. The van der Waals surface area contributed by atoms with Gasteiger partial charge in [0, 0.05) is 11.6 Å². The predicted molar refractivity (Wildman–Crippen MR) is 69.6 cm³/mol. The molecule has 5 nitrogen and oxygen atoms in total. The van der Waals surface area contributed by atoms with E-state index in [2.05, 4.69) is 10.2 Å². The third-order valence-electron chi connectivity index (χ3n) is 2.66. The summed E-state index contributed by atoms with van der Waals surface area (Å²) in [5.74, 6) is 1.14. The number of nitrogens with zero attached hydrogens (tertiary/aromatic N) is 2. The van der Waals surface area contributed by atoms with Crippen LogP contribution in [0.2, 0.25) is 0 Å². The SMILES string of the molecule is COc1ccc(C(=O)Cc2ccc(OC)nn2)cc1. The molecule has 1 aromatic carbocycles. The molecule has 5 heteroatoms. The Bertz CT molecular complexity index is 550. The van der Waals surface area contributed by atoms with Gasteiger partial charge in [-0.15, -0.1) is 5.10 Å². The Hall–Kier alpha value is -2.43. The summed E-state index contributed by atoms with van der Waals surface area (Å²) >= 11 is 0. The van der Waals surface area contributed by atoms with Gasteiger partial charge in [0.05, 0.1) is 26.3 Å². The van der Waals surface area contributed by atoms with E-state index in [1.807, 2.05) is 0 Å². The van der Waals surface area contributed by atoms with E-state index in [-0.39, 0.29) is 12.2 Å². The maximum atomic E-state index is 12.0. The monoisotopic (exact) mass is 258 g/mol. The third-order valence-corrected chi connectivity index (χ3v) is 2.66. The van der Waals surface area contributed by atoms with Gasteiger partial charge >= 0.3 is 0 Å². The number of ketones is 1. The summed E-state index contributed by atoms with van der Waals surface area (Å²) in [5, 5.41) is 7.76. The first-order chi connectivity index (χ1) is 9.22. The first-order valence-corrected chi connectivity index (χ1v) is 5.77. The number of benzene rings is 1. The van der Waals surface area contributed by atoms with E-state index in [1.165, 1.54) is 7.11 Å².